The average Bonchev–Trinajstić information content (AvgIpc) is 3.46. The Kier molecular flexibility index (Phi) is 5.63. The van der Waals surface area contributed by atoms with Gasteiger partial charge in [0.05, 0.1) is 16.9 Å². The molecule has 1 aromatic heterocycles. The van der Waals surface area contributed by atoms with E-state index in [0.29, 0.717) is 29.5 Å². The van der Waals surface area contributed by atoms with Crippen LogP contribution in [-0.4, -0.2) is 45.1 Å². The molecule has 0 spiro atoms. The highest BCUT2D eigenvalue weighted by atomic mass is 32.2. The van der Waals surface area contributed by atoms with Crippen molar-refractivity contribution >= 4 is 29.4 Å². The summed E-state index contributed by atoms with van der Waals surface area (Å²) in [5.41, 5.74) is 4.14. The van der Waals surface area contributed by atoms with E-state index in [1.54, 1.807) is 36.0 Å². The van der Waals surface area contributed by atoms with Gasteiger partial charge in [-0.3, -0.25) is 19.3 Å². The van der Waals surface area contributed by atoms with Crippen molar-refractivity contribution < 1.29 is 14.4 Å². The molecule has 1 fully saturated rings. The van der Waals surface area contributed by atoms with Gasteiger partial charge in [0.2, 0.25) is 0 Å². The van der Waals surface area contributed by atoms with Crippen molar-refractivity contribution in [2.24, 2.45) is 0 Å². The smallest absolute Gasteiger partial charge is 0.261 e. The molecule has 2 aliphatic rings. The quantitative estimate of drug-likeness (QED) is 0.349. The number of fused-ring (bicyclic) bond motifs is 1. The molecule has 1 aromatic carbocycles. The van der Waals surface area contributed by atoms with Crippen molar-refractivity contribution in [3.8, 4) is 0 Å². The summed E-state index contributed by atoms with van der Waals surface area (Å²) in [5.74, 6) is 1.12. The molecule has 5 nitrogen and oxygen atoms in total. The number of hydrogen-bond acceptors (Lipinski definition) is 4. The predicted molar refractivity (Wildman–Crippen MR) is 115 cm³/mol. The predicted octanol–water partition coefficient (Wildman–Crippen LogP) is 4.43. The normalized spacial score (nSPS) is 15.9. The third-order valence-corrected chi connectivity index (χ3v) is 6.77. The molecule has 29 heavy (non-hydrogen) atoms. The van der Waals surface area contributed by atoms with Gasteiger partial charge in [-0.1, -0.05) is 12.1 Å². The van der Waals surface area contributed by atoms with Crippen LogP contribution < -0.4 is 0 Å². The number of hydrogen-bond donors (Lipinski definition) is 0. The number of unbranched alkanes of at least 4 members (excludes halogenated alkanes) is 1. The lowest BCUT2D eigenvalue weighted by Crippen LogP contribution is -2.30. The molecule has 0 radical (unpaired) electrons. The van der Waals surface area contributed by atoms with Crippen LogP contribution >= 0.6 is 11.8 Å². The Labute approximate surface area is 175 Å². The van der Waals surface area contributed by atoms with E-state index in [4.69, 9.17) is 0 Å². The fourth-order valence-corrected chi connectivity index (χ4v) is 5.01. The van der Waals surface area contributed by atoms with E-state index in [1.807, 2.05) is 13.0 Å². The summed E-state index contributed by atoms with van der Waals surface area (Å²) in [6.07, 6.45) is 4.05. The Hall–Kier alpha value is -2.34. The molecule has 1 saturated carbocycles. The van der Waals surface area contributed by atoms with E-state index in [9.17, 15) is 14.4 Å². The number of rotatable bonds is 9. The molecule has 0 unspecified atom stereocenters. The minimum Gasteiger partial charge on any atom is -0.345 e. The van der Waals surface area contributed by atoms with E-state index in [2.05, 4.69) is 11.5 Å². The fourth-order valence-electron chi connectivity index (χ4n) is 4.11. The highest BCUT2D eigenvalue weighted by Crippen LogP contribution is 2.38. The number of ketones is 1. The lowest BCUT2D eigenvalue weighted by Gasteiger charge is -2.13. The summed E-state index contributed by atoms with van der Waals surface area (Å²) in [5, 5.41) is 0. The van der Waals surface area contributed by atoms with E-state index < -0.39 is 0 Å². The largest absolute Gasteiger partial charge is 0.345 e. The Morgan fingerprint density at radius 2 is 1.72 bits per heavy atom. The Morgan fingerprint density at radius 1 is 1.07 bits per heavy atom. The summed E-state index contributed by atoms with van der Waals surface area (Å²) >= 11 is 1.63. The molecule has 0 bridgehead atoms. The van der Waals surface area contributed by atoms with Gasteiger partial charge in [-0.25, -0.2) is 0 Å². The van der Waals surface area contributed by atoms with Crippen molar-refractivity contribution in [2.45, 2.75) is 45.6 Å². The van der Waals surface area contributed by atoms with Crippen LogP contribution in [0.5, 0.6) is 0 Å². The Morgan fingerprint density at radius 3 is 2.34 bits per heavy atom. The van der Waals surface area contributed by atoms with E-state index in [0.717, 1.165) is 29.9 Å². The maximum absolute atomic E-state index is 12.6. The van der Waals surface area contributed by atoms with Gasteiger partial charge in [0.15, 0.2) is 5.78 Å². The molecule has 1 aliphatic carbocycles. The number of aromatic nitrogens is 1. The van der Waals surface area contributed by atoms with E-state index in [1.165, 1.54) is 23.4 Å². The zero-order chi connectivity index (χ0) is 20.5. The minimum absolute atomic E-state index is 0.190. The van der Waals surface area contributed by atoms with Crippen molar-refractivity contribution in [1.82, 2.24) is 9.47 Å². The van der Waals surface area contributed by atoms with Gasteiger partial charge in [0.25, 0.3) is 11.8 Å². The van der Waals surface area contributed by atoms with E-state index >= 15 is 0 Å². The third kappa shape index (κ3) is 3.90. The number of Topliss-reactive ketones (excluding diaryl/α,β-unsaturated/α-hetero) is 1. The van der Waals surface area contributed by atoms with Crippen LogP contribution in [0.25, 0.3) is 0 Å². The van der Waals surface area contributed by atoms with Gasteiger partial charge in [-0.05, 0) is 63.5 Å². The van der Waals surface area contributed by atoms with Crippen LogP contribution in [0.4, 0.5) is 0 Å². The average molecular weight is 411 g/mol. The van der Waals surface area contributed by atoms with Gasteiger partial charge in [0.1, 0.15) is 0 Å². The maximum atomic E-state index is 12.6. The highest BCUT2D eigenvalue weighted by Gasteiger charge is 2.34. The first-order chi connectivity index (χ1) is 14.0. The fraction of sp³-hybridized carbons (Fsp3) is 0.435. The zero-order valence-electron chi connectivity index (χ0n) is 16.9. The molecule has 0 N–H and O–H groups in total. The number of carbonyl (C=O) groups excluding carboxylic acids is 3. The number of aryl methyl sites for hydroxylation is 1. The molecule has 2 heterocycles. The third-order valence-electron chi connectivity index (χ3n) is 5.73. The van der Waals surface area contributed by atoms with Crippen LogP contribution in [0.2, 0.25) is 0 Å². The zero-order valence-corrected chi connectivity index (χ0v) is 17.8. The van der Waals surface area contributed by atoms with Gasteiger partial charge >= 0.3 is 0 Å². The number of thioether (sulfide) groups is 1. The number of amides is 2. The van der Waals surface area contributed by atoms with Crippen molar-refractivity contribution in [2.75, 3.05) is 18.1 Å². The lowest BCUT2D eigenvalue weighted by atomic mass is 10.1. The molecule has 2 amide bonds. The topological polar surface area (TPSA) is 59.4 Å². The van der Waals surface area contributed by atoms with E-state index in [-0.39, 0.29) is 17.6 Å². The number of carbonyl (C=O) groups is 3. The lowest BCUT2D eigenvalue weighted by molar-refractivity contribution is 0.0652. The Bertz CT molecular complexity index is 939. The SMILES string of the molecule is Cc1cc(C(=O)CSCCCCN2C(=O)c3ccccc3C2=O)c(C)n1C1CC1. The first kappa shape index (κ1) is 20.0. The van der Waals surface area contributed by atoms with Crippen LogP contribution in [0.3, 0.4) is 0 Å². The number of imide groups is 1. The number of benzene rings is 1. The first-order valence-electron chi connectivity index (χ1n) is 10.2. The van der Waals surface area contributed by atoms with Crippen molar-refractivity contribution in [1.29, 1.82) is 0 Å². The minimum atomic E-state index is -0.195. The summed E-state index contributed by atoms with van der Waals surface area (Å²) in [7, 11) is 0. The summed E-state index contributed by atoms with van der Waals surface area (Å²) in [6, 6.07) is 9.59. The van der Waals surface area contributed by atoms with Crippen molar-refractivity contribution in [3.05, 3.63) is 58.4 Å². The Balaban J connectivity index is 1.20. The van der Waals surface area contributed by atoms with Crippen molar-refractivity contribution in [3.63, 3.8) is 0 Å². The number of nitrogens with zero attached hydrogens (tertiary/aromatic N) is 2. The van der Waals surface area contributed by atoms with Crippen LogP contribution in [-0.2, 0) is 0 Å². The second-order valence-corrected chi connectivity index (χ2v) is 8.98. The molecular formula is C23H26N2O3S. The van der Waals surface area contributed by atoms with Gasteiger partial charge in [-0.15, -0.1) is 0 Å². The van der Waals surface area contributed by atoms with Crippen LogP contribution in [0, 0.1) is 13.8 Å². The molecule has 6 heteroatoms. The summed E-state index contributed by atoms with van der Waals surface area (Å²) in [6.45, 7) is 4.56. The molecule has 152 valence electrons. The van der Waals surface area contributed by atoms with Gasteiger partial charge in [0, 0.05) is 29.5 Å². The highest BCUT2D eigenvalue weighted by molar-refractivity contribution is 7.99. The molecule has 1 aliphatic heterocycles. The maximum Gasteiger partial charge on any atom is 0.261 e. The molecular weight excluding hydrogens is 384 g/mol. The monoisotopic (exact) mass is 410 g/mol. The second-order valence-electron chi connectivity index (χ2n) is 7.88. The second kappa shape index (κ2) is 8.19. The van der Waals surface area contributed by atoms with Gasteiger partial charge < -0.3 is 4.57 Å². The first-order valence-corrected chi connectivity index (χ1v) is 11.4. The molecule has 0 saturated heterocycles. The molecule has 0 atom stereocenters. The molecule has 4 rings (SSSR count). The standard InChI is InChI=1S/C23H26N2O3S/c1-15-13-20(16(2)25(15)17-9-10-17)21(26)14-29-12-6-5-11-24-22(27)18-7-3-4-8-19(18)23(24)28/h3-4,7-8,13,17H,5-6,9-12,14H2,1-2H3. The van der Waals surface area contributed by atoms with Gasteiger partial charge in [-0.2, -0.15) is 11.8 Å². The molecule has 2 aromatic rings. The van der Waals surface area contributed by atoms with Crippen LogP contribution in [0.15, 0.2) is 30.3 Å². The summed E-state index contributed by atoms with van der Waals surface area (Å²) in [4.78, 5) is 38.6. The summed E-state index contributed by atoms with van der Waals surface area (Å²) < 4.78 is 2.31. The van der Waals surface area contributed by atoms with Crippen LogP contribution in [0.1, 0.15) is 74.2 Å².